The normalized spacial score (nSPS) is 17.7. The standard InChI is InChI=1S/C44H61N5O7S/c1-8-29(4)39(47-41(52)36-21-15-16-22-48(36)7)43(53)49(26-33-19-13-10-14-20-33)37(28(2)3)25-38(56-31(6)50)42-46-35(27-57-42)40(51)45-34(23-30(5)44(54)55)24-32-17-11-9-12-18-32/h9-14,17-20,27-30,34,36-39H,8,15-16,21-26H2,1-7H3,(H,45,51)(H,47,52)(H,54,55)/t29-,30-,34+,36+,37+,38+,39-/m0/s1. The number of thiazole rings is 1. The van der Waals surface area contributed by atoms with Gasteiger partial charge in [-0.15, -0.1) is 11.3 Å². The van der Waals surface area contributed by atoms with Gasteiger partial charge in [-0.05, 0) is 62.2 Å². The Morgan fingerprint density at radius 2 is 1.60 bits per heavy atom. The van der Waals surface area contributed by atoms with Crippen molar-refractivity contribution in [2.45, 2.75) is 123 Å². The van der Waals surface area contributed by atoms with Crippen LogP contribution < -0.4 is 10.6 Å². The summed E-state index contributed by atoms with van der Waals surface area (Å²) in [6, 6.07) is 17.2. The first kappa shape index (κ1) is 45.1. The first-order chi connectivity index (χ1) is 27.2. The Labute approximate surface area is 341 Å². The molecular weight excluding hydrogens is 743 g/mol. The van der Waals surface area contributed by atoms with Crippen molar-refractivity contribution in [2.24, 2.45) is 17.8 Å². The average Bonchev–Trinajstić information content (AvgIpc) is 3.68. The van der Waals surface area contributed by atoms with E-state index >= 15 is 0 Å². The maximum Gasteiger partial charge on any atom is 0.306 e. The molecule has 0 radical (unpaired) electrons. The molecule has 1 fully saturated rings. The Balaban J connectivity index is 1.64. The summed E-state index contributed by atoms with van der Waals surface area (Å²) in [6.07, 6.45) is 3.37. The van der Waals surface area contributed by atoms with Gasteiger partial charge in [0.15, 0.2) is 6.10 Å². The molecule has 12 nitrogen and oxygen atoms in total. The second-order valence-corrected chi connectivity index (χ2v) is 16.8. The van der Waals surface area contributed by atoms with Crippen molar-refractivity contribution in [3.63, 3.8) is 0 Å². The number of carbonyl (C=O) groups is 5. The predicted molar refractivity (Wildman–Crippen MR) is 221 cm³/mol. The van der Waals surface area contributed by atoms with Crippen LogP contribution in [0.25, 0.3) is 0 Å². The third-order valence-corrected chi connectivity index (χ3v) is 11.9. The number of aromatic nitrogens is 1. The van der Waals surface area contributed by atoms with Crippen molar-refractivity contribution in [1.82, 2.24) is 25.4 Å². The lowest BCUT2D eigenvalue weighted by molar-refractivity contribution is -0.150. The number of likely N-dealkylation sites (N-methyl/N-ethyl adjacent to an activating group) is 1. The lowest BCUT2D eigenvalue weighted by atomic mass is 9.91. The van der Waals surface area contributed by atoms with Gasteiger partial charge in [0.05, 0.1) is 12.0 Å². The highest BCUT2D eigenvalue weighted by Crippen LogP contribution is 2.32. The first-order valence-electron chi connectivity index (χ1n) is 20.2. The van der Waals surface area contributed by atoms with Gasteiger partial charge in [-0.2, -0.15) is 0 Å². The number of nitrogens with zero attached hydrogens (tertiary/aromatic N) is 3. The molecule has 3 amide bonds. The van der Waals surface area contributed by atoms with Gasteiger partial charge in [0.25, 0.3) is 5.91 Å². The van der Waals surface area contributed by atoms with Gasteiger partial charge >= 0.3 is 11.9 Å². The molecule has 3 N–H and O–H groups in total. The summed E-state index contributed by atoms with van der Waals surface area (Å²) < 4.78 is 5.91. The van der Waals surface area contributed by atoms with Crippen LogP contribution in [0.3, 0.4) is 0 Å². The molecule has 3 aromatic rings. The molecule has 7 atom stereocenters. The third-order valence-electron chi connectivity index (χ3n) is 11.0. The number of carbonyl (C=O) groups excluding carboxylic acids is 4. The number of rotatable bonds is 20. The molecule has 1 aliphatic heterocycles. The van der Waals surface area contributed by atoms with Crippen LogP contribution in [-0.2, 0) is 36.9 Å². The molecule has 0 spiro atoms. The fourth-order valence-electron chi connectivity index (χ4n) is 7.45. The number of nitrogens with one attached hydrogen (secondary N) is 2. The molecule has 2 heterocycles. The fraction of sp³-hybridized carbons (Fsp3) is 0.545. The number of ether oxygens (including phenoxy) is 1. The Hall–Kier alpha value is -4.62. The van der Waals surface area contributed by atoms with E-state index in [1.165, 1.54) is 18.3 Å². The zero-order chi connectivity index (χ0) is 41.6. The van der Waals surface area contributed by atoms with E-state index in [9.17, 15) is 29.1 Å². The molecule has 1 aromatic heterocycles. The number of hydrogen-bond donors (Lipinski definition) is 3. The molecule has 1 aliphatic rings. The van der Waals surface area contributed by atoms with Gasteiger partial charge < -0.3 is 25.4 Å². The summed E-state index contributed by atoms with van der Waals surface area (Å²) in [7, 11) is 1.95. The van der Waals surface area contributed by atoms with E-state index in [-0.39, 0.29) is 54.8 Å². The van der Waals surface area contributed by atoms with E-state index in [2.05, 4.69) is 20.5 Å². The monoisotopic (exact) mass is 803 g/mol. The molecule has 0 saturated carbocycles. The van der Waals surface area contributed by atoms with Crippen LogP contribution in [0.15, 0.2) is 66.0 Å². The first-order valence-corrected chi connectivity index (χ1v) is 21.1. The van der Waals surface area contributed by atoms with Crippen molar-refractivity contribution in [3.05, 3.63) is 87.9 Å². The smallest absolute Gasteiger partial charge is 0.306 e. The topological polar surface area (TPSA) is 158 Å². The quantitative estimate of drug-likeness (QED) is 0.106. The zero-order valence-electron chi connectivity index (χ0n) is 34.5. The molecule has 0 aliphatic carbocycles. The summed E-state index contributed by atoms with van der Waals surface area (Å²) in [5.74, 6) is -3.25. The summed E-state index contributed by atoms with van der Waals surface area (Å²) in [5.41, 5.74) is 2.00. The number of hydrogen-bond acceptors (Lipinski definition) is 9. The Morgan fingerprint density at radius 3 is 2.18 bits per heavy atom. The number of likely N-dealkylation sites (tertiary alicyclic amines) is 1. The summed E-state index contributed by atoms with van der Waals surface area (Å²) in [4.78, 5) is 75.3. The third kappa shape index (κ3) is 13.2. The van der Waals surface area contributed by atoms with E-state index < -0.39 is 48.0 Å². The van der Waals surface area contributed by atoms with Gasteiger partial charge in [0, 0.05) is 37.4 Å². The summed E-state index contributed by atoms with van der Waals surface area (Å²) in [5, 5.41) is 17.8. The van der Waals surface area contributed by atoms with E-state index in [1.54, 1.807) is 12.3 Å². The van der Waals surface area contributed by atoms with Gasteiger partial charge in [-0.1, -0.05) is 108 Å². The minimum absolute atomic E-state index is 0.105. The van der Waals surface area contributed by atoms with Crippen LogP contribution in [-0.4, -0.2) is 87.3 Å². The summed E-state index contributed by atoms with van der Waals surface area (Å²) in [6.45, 7) is 12.0. The van der Waals surface area contributed by atoms with Gasteiger partial charge in [-0.25, -0.2) is 4.98 Å². The van der Waals surface area contributed by atoms with Crippen LogP contribution in [0, 0.1) is 17.8 Å². The molecular formula is C44H61N5O7S. The molecule has 2 aromatic carbocycles. The number of aliphatic carboxylic acids is 1. The highest BCUT2D eigenvalue weighted by atomic mass is 32.1. The number of piperidine rings is 1. The molecule has 1 saturated heterocycles. The number of esters is 1. The minimum atomic E-state index is -0.948. The van der Waals surface area contributed by atoms with Crippen LogP contribution in [0.1, 0.15) is 113 Å². The van der Waals surface area contributed by atoms with Crippen LogP contribution in [0.4, 0.5) is 0 Å². The SMILES string of the molecule is CC[C@H](C)[C@H](NC(=O)[C@H]1CCCCN1C)C(=O)N(Cc1ccccc1)[C@H](C[C@@H](OC(C)=O)c1nc(C(=O)N[C@@H](Cc2ccccc2)C[C@H](C)C(=O)O)cs1)C(C)C. The number of amides is 3. The molecule has 4 rings (SSSR count). The van der Waals surface area contributed by atoms with Crippen molar-refractivity contribution in [1.29, 1.82) is 0 Å². The lowest BCUT2D eigenvalue weighted by Crippen LogP contribution is -2.58. The molecule has 310 valence electrons. The van der Waals surface area contributed by atoms with Gasteiger partial charge in [0.2, 0.25) is 11.8 Å². The molecule has 13 heteroatoms. The highest BCUT2D eigenvalue weighted by Gasteiger charge is 2.39. The highest BCUT2D eigenvalue weighted by molar-refractivity contribution is 7.09. The Kier molecular flexibility index (Phi) is 17.2. The Morgan fingerprint density at radius 1 is 0.947 bits per heavy atom. The van der Waals surface area contributed by atoms with E-state index in [4.69, 9.17) is 4.74 Å². The van der Waals surface area contributed by atoms with Crippen molar-refractivity contribution in [2.75, 3.05) is 13.6 Å². The minimum Gasteiger partial charge on any atom is -0.481 e. The van der Waals surface area contributed by atoms with Crippen molar-refractivity contribution in [3.8, 4) is 0 Å². The number of benzene rings is 2. The van der Waals surface area contributed by atoms with E-state index in [0.29, 0.717) is 17.8 Å². The average molecular weight is 804 g/mol. The van der Waals surface area contributed by atoms with Crippen LogP contribution >= 0.6 is 11.3 Å². The largest absolute Gasteiger partial charge is 0.481 e. The fourth-order valence-corrected chi connectivity index (χ4v) is 8.29. The number of carboxylic acid groups (broad SMARTS) is 1. The molecule has 57 heavy (non-hydrogen) atoms. The Bertz CT molecular complexity index is 1770. The number of carboxylic acids is 1. The van der Waals surface area contributed by atoms with Crippen LogP contribution in [0.2, 0.25) is 0 Å². The van der Waals surface area contributed by atoms with E-state index in [1.807, 2.05) is 100 Å². The predicted octanol–water partition coefficient (Wildman–Crippen LogP) is 6.66. The zero-order valence-corrected chi connectivity index (χ0v) is 35.3. The van der Waals surface area contributed by atoms with Crippen molar-refractivity contribution >= 4 is 41.0 Å². The maximum absolute atomic E-state index is 15.0. The van der Waals surface area contributed by atoms with Gasteiger partial charge in [-0.3, -0.25) is 28.9 Å². The lowest BCUT2D eigenvalue weighted by Gasteiger charge is -2.40. The second kappa shape index (κ2) is 21.8. The van der Waals surface area contributed by atoms with Crippen molar-refractivity contribution < 1.29 is 33.8 Å². The molecule has 0 unspecified atom stereocenters. The maximum atomic E-state index is 15.0. The summed E-state index contributed by atoms with van der Waals surface area (Å²) >= 11 is 1.19. The molecule has 0 bridgehead atoms. The van der Waals surface area contributed by atoms with Gasteiger partial charge in [0.1, 0.15) is 16.7 Å². The van der Waals surface area contributed by atoms with E-state index in [0.717, 1.165) is 36.9 Å². The second-order valence-electron chi connectivity index (χ2n) is 15.9. The van der Waals surface area contributed by atoms with Crippen LogP contribution in [0.5, 0.6) is 0 Å².